The molecule has 144 valence electrons. The molecular formula is C22H28N2O3. The lowest BCUT2D eigenvalue weighted by Gasteiger charge is -2.20. The van der Waals surface area contributed by atoms with Crippen molar-refractivity contribution in [2.45, 2.75) is 46.6 Å². The highest BCUT2D eigenvalue weighted by Gasteiger charge is 2.27. The van der Waals surface area contributed by atoms with E-state index in [1.165, 1.54) is 5.56 Å². The van der Waals surface area contributed by atoms with Crippen LogP contribution in [0.5, 0.6) is 5.75 Å². The van der Waals surface area contributed by atoms with E-state index in [1.807, 2.05) is 32.9 Å². The summed E-state index contributed by atoms with van der Waals surface area (Å²) in [5, 5.41) is 0. The zero-order valence-corrected chi connectivity index (χ0v) is 16.8. The first kappa shape index (κ1) is 19.2. The number of carbonyl (C=O) groups excluding carboxylic acids is 1. The second kappa shape index (κ2) is 7.59. The third kappa shape index (κ3) is 4.07. The number of nitrogens with zero attached hydrogens (tertiary/aromatic N) is 2. The van der Waals surface area contributed by atoms with Crippen LogP contribution in [0.3, 0.4) is 0 Å². The average Bonchev–Trinajstić information content (AvgIpc) is 3.43. The van der Waals surface area contributed by atoms with Crippen molar-refractivity contribution in [1.82, 2.24) is 9.47 Å². The first-order valence-corrected chi connectivity index (χ1v) is 9.47. The van der Waals surface area contributed by atoms with Gasteiger partial charge in [-0.1, -0.05) is 6.07 Å². The van der Waals surface area contributed by atoms with E-state index in [0.717, 1.165) is 35.3 Å². The van der Waals surface area contributed by atoms with Crippen LogP contribution >= 0.6 is 0 Å². The van der Waals surface area contributed by atoms with Crippen molar-refractivity contribution >= 4 is 5.91 Å². The summed E-state index contributed by atoms with van der Waals surface area (Å²) in [6, 6.07) is 6.25. The monoisotopic (exact) mass is 368 g/mol. The number of likely N-dealkylation sites (N-methyl/N-ethyl adjacent to an activating group) is 1. The fourth-order valence-electron chi connectivity index (χ4n) is 3.28. The lowest BCUT2D eigenvalue weighted by atomic mass is 10.1. The third-order valence-electron chi connectivity index (χ3n) is 5.28. The number of aromatic nitrogens is 1. The lowest BCUT2D eigenvalue weighted by Crippen LogP contribution is -2.37. The third-order valence-corrected chi connectivity index (χ3v) is 5.28. The van der Waals surface area contributed by atoms with Crippen molar-refractivity contribution in [1.29, 1.82) is 0 Å². The molecule has 0 saturated heterocycles. The zero-order valence-electron chi connectivity index (χ0n) is 16.8. The molecule has 0 aliphatic heterocycles. The summed E-state index contributed by atoms with van der Waals surface area (Å²) in [5.74, 6) is 0.605. The molecule has 1 aromatic carbocycles. The lowest BCUT2D eigenvalue weighted by molar-refractivity contribution is 0.0770. The van der Waals surface area contributed by atoms with Gasteiger partial charge < -0.3 is 14.2 Å². The fourth-order valence-corrected chi connectivity index (χ4v) is 3.28. The smallest absolute Gasteiger partial charge is 0.263 e. The molecular weight excluding hydrogens is 340 g/mol. The van der Waals surface area contributed by atoms with Crippen LogP contribution in [0.25, 0.3) is 0 Å². The van der Waals surface area contributed by atoms with Gasteiger partial charge in [0.1, 0.15) is 17.9 Å². The van der Waals surface area contributed by atoms with Crippen LogP contribution in [0.2, 0.25) is 0 Å². The van der Waals surface area contributed by atoms with E-state index in [2.05, 4.69) is 13.0 Å². The maximum Gasteiger partial charge on any atom is 0.263 e. The Morgan fingerprint density at radius 1 is 1.19 bits per heavy atom. The number of aryl methyl sites for hydroxylation is 3. The molecule has 0 spiro atoms. The Kier molecular flexibility index (Phi) is 5.40. The topological polar surface area (TPSA) is 51.5 Å². The summed E-state index contributed by atoms with van der Waals surface area (Å²) >= 11 is 0. The van der Waals surface area contributed by atoms with Gasteiger partial charge in [-0.05, 0) is 74.9 Å². The number of hydrogen-bond acceptors (Lipinski definition) is 3. The highest BCUT2D eigenvalue weighted by molar-refractivity contribution is 5.95. The van der Waals surface area contributed by atoms with Crippen LogP contribution in [0.1, 0.15) is 51.5 Å². The number of carbonyl (C=O) groups is 1. The predicted molar refractivity (Wildman–Crippen MR) is 107 cm³/mol. The minimum absolute atomic E-state index is 0.180. The van der Waals surface area contributed by atoms with E-state index in [4.69, 9.17) is 4.74 Å². The van der Waals surface area contributed by atoms with Gasteiger partial charge in [0, 0.05) is 19.3 Å². The van der Waals surface area contributed by atoms with Crippen LogP contribution in [-0.2, 0) is 0 Å². The van der Waals surface area contributed by atoms with Crippen molar-refractivity contribution < 1.29 is 9.53 Å². The Morgan fingerprint density at radius 3 is 2.56 bits per heavy atom. The van der Waals surface area contributed by atoms with Crippen LogP contribution in [0, 0.1) is 27.7 Å². The number of amides is 1. The molecule has 0 N–H and O–H groups in total. The normalized spacial score (nSPS) is 13.5. The Balaban J connectivity index is 1.69. The summed E-state index contributed by atoms with van der Waals surface area (Å²) in [7, 11) is 1.72. The number of pyridine rings is 1. The van der Waals surface area contributed by atoms with E-state index in [0.29, 0.717) is 13.2 Å². The molecule has 0 bridgehead atoms. The van der Waals surface area contributed by atoms with Gasteiger partial charge in [0.2, 0.25) is 0 Å². The number of rotatable bonds is 6. The van der Waals surface area contributed by atoms with Crippen molar-refractivity contribution in [2.75, 3.05) is 20.2 Å². The van der Waals surface area contributed by atoms with E-state index in [-0.39, 0.29) is 23.1 Å². The highest BCUT2D eigenvalue weighted by Crippen LogP contribution is 2.33. The standard InChI is InChI=1S/C22H28N2O3/c1-14-12-16(3)17(4)19(13-14)27-11-10-23(5)21(25)20-15(2)8-9-24(22(20)26)18-6-7-18/h8-9,12-13,18H,6-7,10-11H2,1-5H3. The second-order valence-electron chi connectivity index (χ2n) is 7.60. The van der Waals surface area contributed by atoms with Gasteiger partial charge in [0.25, 0.3) is 11.5 Å². The van der Waals surface area contributed by atoms with Gasteiger partial charge in [-0.15, -0.1) is 0 Å². The maximum absolute atomic E-state index is 12.9. The summed E-state index contributed by atoms with van der Waals surface area (Å²) < 4.78 is 7.61. The van der Waals surface area contributed by atoms with Crippen molar-refractivity contribution in [3.05, 3.63) is 62.6 Å². The minimum Gasteiger partial charge on any atom is -0.491 e. The maximum atomic E-state index is 12.9. The Hall–Kier alpha value is -2.56. The molecule has 1 fully saturated rings. The van der Waals surface area contributed by atoms with Crippen LogP contribution < -0.4 is 10.3 Å². The molecule has 5 heteroatoms. The minimum atomic E-state index is -0.242. The molecule has 1 heterocycles. The molecule has 1 aliphatic rings. The number of ether oxygens (including phenoxy) is 1. The number of benzene rings is 1. The Bertz CT molecular complexity index is 926. The summed E-state index contributed by atoms with van der Waals surface area (Å²) in [6.07, 6.45) is 3.82. The second-order valence-corrected chi connectivity index (χ2v) is 7.60. The largest absolute Gasteiger partial charge is 0.491 e. The van der Waals surface area contributed by atoms with Crippen LogP contribution in [0.4, 0.5) is 0 Å². The molecule has 5 nitrogen and oxygen atoms in total. The van der Waals surface area contributed by atoms with Crippen LogP contribution in [0.15, 0.2) is 29.2 Å². The number of hydrogen-bond donors (Lipinski definition) is 0. The zero-order chi connectivity index (χ0) is 19.7. The fraction of sp³-hybridized carbons (Fsp3) is 0.455. The summed E-state index contributed by atoms with van der Waals surface area (Å²) in [5.41, 5.74) is 4.27. The van der Waals surface area contributed by atoms with Crippen molar-refractivity contribution in [2.24, 2.45) is 0 Å². The molecule has 3 rings (SSSR count). The van der Waals surface area contributed by atoms with Gasteiger partial charge in [-0.25, -0.2) is 0 Å². The Labute approximate surface area is 160 Å². The van der Waals surface area contributed by atoms with Gasteiger partial charge in [-0.2, -0.15) is 0 Å². The first-order valence-electron chi connectivity index (χ1n) is 9.47. The molecule has 0 unspecified atom stereocenters. The highest BCUT2D eigenvalue weighted by atomic mass is 16.5. The molecule has 0 radical (unpaired) electrons. The first-order chi connectivity index (χ1) is 12.8. The molecule has 27 heavy (non-hydrogen) atoms. The Morgan fingerprint density at radius 2 is 1.89 bits per heavy atom. The van der Waals surface area contributed by atoms with Crippen molar-refractivity contribution in [3.63, 3.8) is 0 Å². The molecule has 1 aliphatic carbocycles. The summed E-state index contributed by atoms with van der Waals surface area (Å²) in [6.45, 7) is 8.75. The predicted octanol–water partition coefficient (Wildman–Crippen LogP) is 3.57. The molecule has 1 amide bonds. The van der Waals surface area contributed by atoms with Gasteiger partial charge >= 0.3 is 0 Å². The van der Waals surface area contributed by atoms with Crippen molar-refractivity contribution in [3.8, 4) is 5.75 Å². The SMILES string of the molecule is Cc1cc(C)c(C)c(OCCN(C)C(=O)c2c(C)ccn(C3CC3)c2=O)c1. The van der Waals surface area contributed by atoms with Gasteiger partial charge in [0.15, 0.2) is 0 Å². The molecule has 2 aromatic rings. The molecule has 0 atom stereocenters. The molecule has 1 saturated carbocycles. The van der Waals surface area contributed by atoms with E-state index in [9.17, 15) is 9.59 Å². The van der Waals surface area contributed by atoms with E-state index >= 15 is 0 Å². The van der Waals surface area contributed by atoms with Crippen LogP contribution in [-0.4, -0.2) is 35.6 Å². The van der Waals surface area contributed by atoms with Gasteiger partial charge in [0.05, 0.1) is 6.54 Å². The van der Waals surface area contributed by atoms with Gasteiger partial charge in [-0.3, -0.25) is 9.59 Å². The summed E-state index contributed by atoms with van der Waals surface area (Å²) in [4.78, 5) is 27.1. The molecule has 1 aromatic heterocycles. The van der Waals surface area contributed by atoms with E-state index in [1.54, 1.807) is 22.7 Å². The van der Waals surface area contributed by atoms with E-state index < -0.39 is 0 Å². The quantitative estimate of drug-likeness (QED) is 0.783. The average molecular weight is 368 g/mol.